The maximum atomic E-state index is 12.9. The van der Waals surface area contributed by atoms with Crippen LogP contribution >= 0.6 is 11.3 Å². The van der Waals surface area contributed by atoms with Crippen LogP contribution < -0.4 is 5.32 Å². The van der Waals surface area contributed by atoms with Crippen LogP contribution in [0.5, 0.6) is 0 Å². The Morgan fingerprint density at radius 2 is 2.15 bits per heavy atom. The molecule has 0 aliphatic heterocycles. The largest absolute Gasteiger partial charge is 0.357 e. The maximum Gasteiger partial charge on any atom is 0.223 e. The minimum atomic E-state index is -0.232. The first kappa shape index (κ1) is 16.8. The Bertz CT molecular complexity index is 1000. The van der Waals surface area contributed by atoms with Gasteiger partial charge in [-0.05, 0) is 24.3 Å². The first-order valence-electron chi connectivity index (χ1n) is 8.46. The van der Waals surface area contributed by atoms with E-state index in [1.807, 2.05) is 18.5 Å². The van der Waals surface area contributed by atoms with E-state index < -0.39 is 0 Å². The van der Waals surface area contributed by atoms with Crippen molar-refractivity contribution in [1.29, 1.82) is 0 Å². The highest BCUT2D eigenvalue weighted by Crippen LogP contribution is 2.43. The van der Waals surface area contributed by atoms with Gasteiger partial charge in [-0.1, -0.05) is 13.8 Å². The molecule has 26 heavy (non-hydrogen) atoms. The Morgan fingerprint density at radius 1 is 1.35 bits per heavy atom. The van der Waals surface area contributed by atoms with Gasteiger partial charge in [0.2, 0.25) is 5.95 Å². The summed E-state index contributed by atoms with van der Waals surface area (Å²) in [5, 5.41) is 13.2. The fourth-order valence-corrected chi connectivity index (χ4v) is 4.28. The molecule has 2 N–H and O–H groups in total. The van der Waals surface area contributed by atoms with E-state index in [1.54, 1.807) is 7.05 Å². The standard InChI is InChI=1S/C18H20N6OS/c1-9-8-26-12(21-9)5-11(25)15-13-16(24-23-15)14-10(6-18(13,2)3)7-20-17(19-4)22-14/h7-8H,5-6H2,1-4H3,(H,23,24)(H,19,20,22). The topological polar surface area (TPSA) is 96.5 Å². The third-order valence-electron chi connectivity index (χ3n) is 4.65. The van der Waals surface area contributed by atoms with Crippen molar-refractivity contribution in [3.05, 3.63) is 39.1 Å². The molecule has 4 rings (SSSR count). The van der Waals surface area contributed by atoms with Crippen LogP contribution in [0.1, 0.15) is 46.2 Å². The van der Waals surface area contributed by atoms with Crippen LogP contribution in [0.25, 0.3) is 11.4 Å². The second-order valence-electron chi connectivity index (χ2n) is 7.18. The van der Waals surface area contributed by atoms with Crippen LogP contribution in [0.3, 0.4) is 0 Å². The number of hydrogen-bond acceptors (Lipinski definition) is 7. The van der Waals surface area contributed by atoms with Crippen molar-refractivity contribution in [2.24, 2.45) is 0 Å². The zero-order valence-corrected chi connectivity index (χ0v) is 16.0. The highest BCUT2D eigenvalue weighted by Gasteiger charge is 2.38. The fourth-order valence-electron chi connectivity index (χ4n) is 3.51. The summed E-state index contributed by atoms with van der Waals surface area (Å²) in [6.07, 6.45) is 2.88. The molecule has 7 nitrogen and oxygen atoms in total. The molecule has 1 aliphatic rings. The second-order valence-corrected chi connectivity index (χ2v) is 8.13. The van der Waals surface area contributed by atoms with Crippen molar-refractivity contribution in [2.45, 2.75) is 39.0 Å². The van der Waals surface area contributed by atoms with Gasteiger partial charge >= 0.3 is 0 Å². The van der Waals surface area contributed by atoms with Crippen LogP contribution in [-0.4, -0.2) is 38.0 Å². The lowest BCUT2D eigenvalue weighted by atomic mass is 9.73. The number of carbonyl (C=O) groups excluding carboxylic acids is 1. The number of aryl methyl sites for hydroxylation is 1. The van der Waals surface area contributed by atoms with Crippen molar-refractivity contribution in [3.63, 3.8) is 0 Å². The molecule has 1 aliphatic carbocycles. The fraction of sp³-hybridized carbons (Fsp3) is 0.389. The lowest BCUT2D eigenvalue weighted by Crippen LogP contribution is -2.28. The zero-order valence-electron chi connectivity index (χ0n) is 15.2. The van der Waals surface area contributed by atoms with E-state index in [2.05, 4.69) is 44.3 Å². The van der Waals surface area contributed by atoms with Crippen molar-refractivity contribution in [1.82, 2.24) is 25.1 Å². The smallest absolute Gasteiger partial charge is 0.223 e. The number of aromatic nitrogens is 5. The van der Waals surface area contributed by atoms with Crippen LogP contribution in [0, 0.1) is 6.92 Å². The van der Waals surface area contributed by atoms with Crippen LogP contribution in [0.15, 0.2) is 11.6 Å². The number of anilines is 1. The molecule has 3 aromatic rings. The molecule has 0 bridgehead atoms. The van der Waals surface area contributed by atoms with Crippen LogP contribution in [0.2, 0.25) is 0 Å². The van der Waals surface area contributed by atoms with Crippen LogP contribution in [-0.2, 0) is 18.3 Å². The monoisotopic (exact) mass is 368 g/mol. The number of hydrogen-bond donors (Lipinski definition) is 2. The van der Waals surface area contributed by atoms with E-state index in [1.165, 1.54) is 11.3 Å². The third-order valence-corrected chi connectivity index (χ3v) is 5.61. The third kappa shape index (κ3) is 2.70. The number of nitrogens with zero attached hydrogens (tertiary/aromatic N) is 4. The summed E-state index contributed by atoms with van der Waals surface area (Å²) in [6, 6.07) is 0. The van der Waals surface area contributed by atoms with Crippen molar-refractivity contribution >= 4 is 23.1 Å². The molecule has 0 atom stereocenters. The summed E-state index contributed by atoms with van der Waals surface area (Å²) in [6.45, 7) is 6.18. The number of ketones is 1. The summed E-state index contributed by atoms with van der Waals surface area (Å²) in [5.74, 6) is 0.552. The SMILES string of the molecule is CNc1ncc2c(n1)-c1n[nH]c(C(=O)Cc3nc(C)cs3)c1C(C)(C)C2. The molecule has 0 saturated carbocycles. The number of fused-ring (bicyclic) bond motifs is 3. The number of thiazole rings is 1. The van der Waals surface area contributed by atoms with E-state index >= 15 is 0 Å². The predicted octanol–water partition coefficient (Wildman–Crippen LogP) is 2.93. The Labute approximate surface area is 155 Å². The van der Waals surface area contributed by atoms with Gasteiger partial charge in [0.05, 0.1) is 12.1 Å². The van der Waals surface area contributed by atoms with E-state index in [0.29, 0.717) is 11.6 Å². The molecular formula is C18H20N6OS. The highest BCUT2D eigenvalue weighted by atomic mass is 32.1. The van der Waals surface area contributed by atoms with E-state index in [9.17, 15) is 4.79 Å². The summed E-state index contributed by atoms with van der Waals surface area (Å²) < 4.78 is 0. The number of carbonyl (C=O) groups is 1. The van der Waals surface area contributed by atoms with E-state index in [0.717, 1.165) is 39.6 Å². The first-order valence-corrected chi connectivity index (χ1v) is 9.34. The quantitative estimate of drug-likeness (QED) is 0.687. The average Bonchev–Trinajstić information content (AvgIpc) is 3.21. The molecule has 3 aromatic heterocycles. The van der Waals surface area contributed by atoms with Gasteiger partial charge < -0.3 is 5.32 Å². The van der Waals surface area contributed by atoms with Gasteiger partial charge in [-0.15, -0.1) is 11.3 Å². The number of H-pyrrole nitrogens is 1. The first-order chi connectivity index (χ1) is 12.4. The Hall–Kier alpha value is -2.61. The number of Topliss-reactive ketones (excluding diaryl/α,β-unsaturated/α-hetero) is 1. The van der Waals surface area contributed by atoms with Gasteiger partial charge in [0.1, 0.15) is 16.4 Å². The van der Waals surface area contributed by atoms with Crippen LogP contribution in [0.4, 0.5) is 5.95 Å². The molecular weight excluding hydrogens is 348 g/mol. The van der Waals surface area contributed by atoms with Crippen molar-refractivity contribution in [3.8, 4) is 11.4 Å². The molecule has 0 radical (unpaired) electrons. The lowest BCUT2D eigenvalue weighted by molar-refractivity contribution is 0.0986. The van der Waals surface area contributed by atoms with Gasteiger partial charge in [0.25, 0.3) is 0 Å². The van der Waals surface area contributed by atoms with Crippen molar-refractivity contribution in [2.75, 3.05) is 12.4 Å². The highest BCUT2D eigenvalue weighted by molar-refractivity contribution is 7.09. The molecule has 0 amide bonds. The van der Waals surface area contributed by atoms with E-state index in [-0.39, 0.29) is 17.6 Å². The Kier molecular flexibility index (Phi) is 3.87. The molecule has 0 aromatic carbocycles. The van der Waals surface area contributed by atoms with Gasteiger partial charge in [0.15, 0.2) is 5.78 Å². The second kappa shape index (κ2) is 5.98. The lowest BCUT2D eigenvalue weighted by Gasteiger charge is -2.31. The maximum absolute atomic E-state index is 12.9. The summed E-state index contributed by atoms with van der Waals surface area (Å²) >= 11 is 1.51. The molecule has 134 valence electrons. The molecule has 0 unspecified atom stereocenters. The molecule has 0 fully saturated rings. The van der Waals surface area contributed by atoms with Gasteiger partial charge in [0, 0.05) is 29.9 Å². The minimum Gasteiger partial charge on any atom is -0.357 e. The summed E-state index contributed by atoms with van der Waals surface area (Å²) in [4.78, 5) is 26.2. The summed E-state index contributed by atoms with van der Waals surface area (Å²) in [7, 11) is 1.78. The minimum absolute atomic E-state index is 0.00696. The van der Waals surface area contributed by atoms with Gasteiger partial charge in [-0.2, -0.15) is 5.10 Å². The van der Waals surface area contributed by atoms with E-state index in [4.69, 9.17) is 0 Å². The van der Waals surface area contributed by atoms with Gasteiger partial charge in [-0.3, -0.25) is 9.89 Å². The number of aromatic amines is 1. The summed E-state index contributed by atoms with van der Waals surface area (Å²) in [5.41, 5.74) is 4.78. The molecule has 0 saturated heterocycles. The Balaban J connectivity index is 1.78. The number of rotatable bonds is 4. The average molecular weight is 368 g/mol. The van der Waals surface area contributed by atoms with Crippen molar-refractivity contribution < 1.29 is 4.79 Å². The number of nitrogens with one attached hydrogen (secondary N) is 2. The molecule has 0 spiro atoms. The predicted molar refractivity (Wildman–Crippen MR) is 101 cm³/mol. The Morgan fingerprint density at radius 3 is 2.85 bits per heavy atom. The zero-order chi connectivity index (χ0) is 18.5. The van der Waals surface area contributed by atoms with Gasteiger partial charge in [-0.25, -0.2) is 15.0 Å². The molecule has 8 heteroatoms. The normalized spacial score (nSPS) is 14.6. The molecule has 3 heterocycles.